The lowest BCUT2D eigenvalue weighted by Gasteiger charge is -2.17. The first-order valence-corrected chi connectivity index (χ1v) is 6.23. The minimum atomic E-state index is 0.362. The molecule has 0 aromatic heterocycles. The quantitative estimate of drug-likeness (QED) is 0.560. The molecule has 3 heteroatoms. The molecule has 1 aromatic carbocycles. The van der Waals surface area contributed by atoms with Crippen molar-refractivity contribution < 1.29 is 0 Å². The molecule has 0 spiro atoms. The fourth-order valence-electron chi connectivity index (χ4n) is 1.88. The van der Waals surface area contributed by atoms with Gasteiger partial charge in [0.2, 0.25) is 0 Å². The van der Waals surface area contributed by atoms with E-state index in [9.17, 15) is 0 Å². The normalized spacial score (nSPS) is 12.0. The average Bonchev–Trinajstić information content (AvgIpc) is 2.34. The van der Waals surface area contributed by atoms with Crippen molar-refractivity contribution in [2.75, 3.05) is 12.3 Å². The maximum absolute atomic E-state index is 8.45. The molecule has 0 bridgehead atoms. The maximum atomic E-state index is 8.45. The largest absolute Gasteiger partial charge is 0.399 e. The molecule has 17 heavy (non-hydrogen) atoms. The molecule has 0 radical (unpaired) electrons. The first-order chi connectivity index (χ1) is 8.27. The van der Waals surface area contributed by atoms with Crippen LogP contribution in [0.25, 0.3) is 0 Å². The molecular formula is C14H21N3. The van der Waals surface area contributed by atoms with Gasteiger partial charge in [-0.05, 0) is 43.5 Å². The standard InChI is InChI=1S/C14H21N3/c1-2-14(17-10-5-3-4-9-15)12-7-6-8-13(16)11-12/h6-8,11,14,17H,2-5,10,16H2,1H3. The van der Waals surface area contributed by atoms with Crippen LogP contribution < -0.4 is 11.1 Å². The number of nitrogen functional groups attached to an aromatic ring is 1. The van der Waals surface area contributed by atoms with Crippen LogP contribution in [0.5, 0.6) is 0 Å². The summed E-state index contributed by atoms with van der Waals surface area (Å²) in [4.78, 5) is 0. The minimum absolute atomic E-state index is 0.362. The number of nitrogens with zero attached hydrogens (tertiary/aromatic N) is 1. The van der Waals surface area contributed by atoms with E-state index in [0.29, 0.717) is 12.5 Å². The summed E-state index contributed by atoms with van der Waals surface area (Å²) in [6.07, 6.45) is 3.71. The SMILES string of the molecule is CCC(NCCCCC#N)c1cccc(N)c1. The van der Waals surface area contributed by atoms with Crippen molar-refractivity contribution in [2.24, 2.45) is 0 Å². The molecule has 3 N–H and O–H groups in total. The van der Waals surface area contributed by atoms with Crippen LogP contribution in [0.3, 0.4) is 0 Å². The smallest absolute Gasteiger partial charge is 0.0621 e. The highest BCUT2D eigenvalue weighted by Gasteiger charge is 2.07. The number of nitriles is 1. The van der Waals surface area contributed by atoms with E-state index in [-0.39, 0.29) is 0 Å². The maximum Gasteiger partial charge on any atom is 0.0621 e. The van der Waals surface area contributed by atoms with Gasteiger partial charge in [-0.15, -0.1) is 0 Å². The number of rotatable bonds is 7. The molecule has 3 nitrogen and oxygen atoms in total. The molecule has 0 fully saturated rings. The Morgan fingerprint density at radius 1 is 1.41 bits per heavy atom. The van der Waals surface area contributed by atoms with E-state index in [1.807, 2.05) is 18.2 Å². The Bertz CT molecular complexity index is 368. The fraction of sp³-hybridized carbons (Fsp3) is 0.500. The molecule has 0 saturated heterocycles. The number of nitrogens with one attached hydrogen (secondary N) is 1. The third-order valence-corrected chi connectivity index (χ3v) is 2.83. The monoisotopic (exact) mass is 231 g/mol. The summed E-state index contributed by atoms with van der Waals surface area (Å²) in [7, 11) is 0. The van der Waals surface area contributed by atoms with Gasteiger partial charge in [-0.3, -0.25) is 0 Å². The Kier molecular flexibility index (Phi) is 6.13. The summed E-state index contributed by atoms with van der Waals surface area (Å²) in [5.74, 6) is 0. The van der Waals surface area contributed by atoms with Crippen molar-refractivity contribution in [1.29, 1.82) is 5.26 Å². The van der Waals surface area contributed by atoms with E-state index in [1.165, 1.54) is 5.56 Å². The van der Waals surface area contributed by atoms with Gasteiger partial charge in [-0.1, -0.05) is 19.1 Å². The molecule has 0 saturated carbocycles. The van der Waals surface area contributed by atoms with Crippen molar-refractivity contribution in [3.05, 3.63) is 29.8 Å². The van der Waals surface area contributed by atoms with Crippen LogP contribution in [0.15, 0.2) is 24.3 Å². The predicted molar refractivity (Wildman–Crippen MR) is 71.4 cm³/mol. The summed E-state index contributed by atoms with van der Waals surface area (Å²) < 4.78 is 0. The highest BCUT2D eigenvalue weighted by molar-refractivity contribution is 5.41. The highest BCUT2D eigenvalue weighted by Crippen LogP contribution is 2.18. The number of unbranched alkanes of at least 4 members (excludes halogenated alkanes) is 2. The van der Waals surface area contributed by atoms with E-state index in [1.54, 1.807) is 0 Å². The number of hydrogen-bond acceptors (Lipinski definition) is 3. The zero-order valence-electron chi connectivity index (χ0n) is 10.4. The van der Waals surface area contributed by atoms with Gasteiger partial charge in [0.15, 0.2) is 0 Å². The van der Waals surface area contributed by atoms with E-state index < -0.39 is 0 Å². The van der Waals surface area contributed by atoms with E-state index >= 15 is 0 Å². The average molecular weight is 231 g/mol. The van der Waals surface area contributed by atoms with Gasteiger partial charge >= 0.3 is 0 Å². The van der Waals surface area contributed by atoms with E-state index in [4.69, 9.17) is 11.0 Å². The van der Waals surface area contributed by atoms with Crippen molar-refractivity contribution in [1.82, 2.24) is 5.32 Å². The molecule has 0 heterocycles. The summed E-state index contributed by atoms with van der Waals surface area (Å²) in [6.45, 7) is 3.12. The van der Waals surface area contributed by atoms with Crippen LogP contribution in [0.1, 0.15) is 44.2 Å². The highest BCUT2D eigenvalue weighted by atomic mass is 14.9. The topological polar surface area (TPSA) is 61.8 Å². The number of nitrogens with two attached hydrogens (primary N) is 1. The Hall–Kier alpha value is -1.53. The van der Waals surface area contributed by atoms with Crippen molar-refractivity contribution in [3.63, 3.8) is 0 Å². The van der Waals surface area contributed by atoms with Gasteiger partial charge in [-0.2, -0.15) is 5.26 Å². The van der Waals surface area contributed by atoms with Crippen LogP contribution in [0.4, 0.5) is 5.69 Å². The van der Waals surface area contributed by atoms with E-state index in [2.05, 4.69) is 24.4 Å². The van der Waals surface area contributed by atoms with Crippen molar-refractivity contribution in [3.8, 4) is 6.07 Å². The fourth-order valence-corrected chi connectivity index (χ4v) is 1.88. The summed E-state index contributed by atoms with van der Waals surface area (Å²) >= 11 is 0. The van der Waals surface area contributed by atoms with Crippen LogP contribution in [0.2, 0.25) is 0 Å². The van der Waals surface area contributed by atoms with Crippen LogP contribution in [0, 0.1) is 11.3 Å². The van der Waals surface area contributed by atoms with Crippen LogP contribution >= 0.6 is 0 Å². The molecule has 1 rings (SSSR count). The Morgan fingerprint density at radius 3 is 2.88 bits per heavy atom. The van der Waals surface area contributed by atoms with Gasteiger partial charge in [-0.25, -0.2) is 0 Å². The molecule has 0 aliphatic carbocycles. The van der Waals surface area contributed by atoms with Gasteiger partial charge in [0.1, 0.15) is 0 Å². The lowest BCUT2D eigenvalue weighted by molar-refractivity contribution is 0.505. The molecular weight excluding hydrogens is 210 g/mol. The Labute approximate surface area is 104 Å². The second-order valence-corrected chi connectivity index (χ2v) is 4.20. The second kappa shape index (κ2) is 7.70. The Morgan fingerprint density at radius 2 is 2.24 bits per heavy atom. The molecule has 0 aliphatic rings. The summed E-state index contributed by atoms with van der Waals surface area (Å²) in [5, 5.41) is 12.0. The Balaban J connectivity index is 2.41. The van der Waals surface area contributed by atoms with E-state index in [0.717, 1.165) is 31.5 Å². The lowest BCUT2D eigenvalue weighted by Crippen LogP contribution is -2.21. The minimum Gasteiger partial charge on any atom is -0.399 e. The molecule has 0 amide bonds. The van der Waals surface area contributed by atoms with Crippen LogP contribution in [-0.4, -0.2) is 6.54 Å². The molecule has 1 unspecified atom stereocenters. The van der Waals surface area contributed by atoms with Gasteiger partial charge in [0.25, 0.3) is 0 Å². The third kappa shape index (κ3) is 4.88. The predicted octanol–water partition coefficient (Wildman–Crippen LogP) is 3.00. The first kappa shape index (κ1) is 13.5. The van der Waals surface area contributed by atoms with Gasteiger partial charge < -0.3 is 11.1 Å². The third-order valence-electron chi connectivity index (χ3n) is 2.83. The molecule has 0 aliphatic heterocycles. The lowest BCUT2D eigenvalue weighted by atomic mass is 10.0. The molecule has 1 atom stereocenters. The first-order valence-electron chi connectivity index (χ1n) is 6.23. The van der Waals surface area contributed by atoms with Gasteiger partial charge in [0.05, 0.1) is 6.07 Å². The number of benzene rings is 1. The number of anilines is 1. The van der Waals surface area contributed by atoms with Crippen LogP contribution in [-0.2, 0) is 0 Å². The zero-order valence-corrected chi connectivity index (χ0v) is 10.4. The van der Waals surface area contributed by atoms with Crippen molar-refractivity contribution in [2.45, 2.75) is 38.6 Å². The van der Waals surface area contributed by atoms with Gasteiger partial charge in [0, 0.05) is 18.2 Å². The zero-order chi connectivity index (χ0) is 12.5. The second-order valence-electron chi connectivity index (χ2n) is 4.20. The number of hydrogen-bond donors (Lipinski definition) is 2. The molecule has 1 aromatic rings. The van der Waals surface area contributed by atoms with Crippen molar-refractivity contribution >= 4 is 5.69 Å². The molecule has 92 valence electrons. The summed E-state index contributed by atoms with van der Waals surface area (Å²) in [5.41, 5.74) is 7.84. The summed E-state index contributed by atoms with van der Waals surface area (Å²) in [6, 6.07) is 10.6.